The Bertz CT molecular complexity index is 154. The van der Waals surface area contributed by atoms with Gasteiger partial charge in [-0.3, -0.25) is 0 Å². The average Bonchev–Trinajstić information content (AvgIpc) is 2.03. The minimum Gasteiger partial charge on any atom is -0.550 e. The lowest BCUT2D eigenvalue weighted by Crippen LogP contribution is -2.43. The van der Waals surface area contributed by atoms with Gasteiger partial charge in [-0.15, -0.1) is 0 Å². The zero-order valence-electron chi connectivity index (χ0n) is 9.48. The summed E-state index contributed by atoms with van der Waals surface area (Å²) in [6, 6.07) is 0. The predicted octanol–water partition coefficient (Wildman–Crippen LogP) is -2.87. The van der Waals surface area contributed by atoms with Crippen molar-refractivity contribution in [1.82, 2.24) is 0 Å². The maximum absolute atomic E-state index is 9.41. The summed E-state index contributed by atoms with van der Waals surface area (Å²) in [6.07, 6.45) is -0.0417. The van der Waals surface area contributed by atoms with E-state index in [0.29, 0.717) is 17.6 Å². The van der Waals surface area contributed by atoms with Crippen LogP contribution in [0.4, 0.5) is 0 Å². The van der Waals surface area contributed by atoms with Crippen LogP contribution in [-0.2, 0) is 4.79 Å². The fourth-order valence-electron chi connectivity index (χ4n) is 0.771. The summed E-state index contributed by atoms with van der Waals surface area (Å²) in [5.74, 6) is -1.09. The number of quaternary nitrogens is 1. The molecule has 0 aromatic carbocycles. The molecule has 0 heterocycles. The largest absolute Gasteiger partial charge is 0.550 e. The fraction of sp³-hybridized carbons (Fsp3) is 0.889. The van der Waals surface area contributed by atoms with Crippen molar-refractivity contribution in [2.45, 2.75) is 6.42 Å². The van der Waals surface area contributed by atoms with Crippen LogP contribution in [0.15, 0.2) is 0 Å². The molecular weight excluding hydrogens is 200 g/mol. The number of carboxylic acid groups (broad SMARTS) is 1. The Labute approximate surface area is 90.5 Å². The quantitative estimate of drug-likeness (QED) is 0.419. The first kappa shape index (κ1) is 16.7. The number of hydrogen-bond donors (Lipinski definition) is 3. The third-order valence-corrected chi connectivity index (χ3v) is 1.76. The molecule has 0 bridgehead atoms. The van der Waals surface area contributed by atoms with Crippen LogP contribution in [-0.4, -0.2) is 67.6 Å². The molecule has 0 saturated heterocycles. The molecule has 6 heteroatoms. The summed E-state index contributed by atoms with van der Waals surface area (Å²) in [6.45, 7) is 1.96. The van der Waals surface area contributed by atoms with Crippen LogP contribution in [0.3, 0.4) is 0 Å². The van der Waals surface area contributed by atoms with Gasteiger partial charge in [0.2, 0.25) is 0 Å². The van der Waals surface area contributed by atoms with E-state index in [0.717, 1.165) is 0 Å². The summed E-state index contributed by atoms with van der Waals surface area (Å²) in [7, 11) is 3.96. The molecule has 0 aromatic rings. The molecule has 0 aromatic heterocycles. The molecule has 0 aliphatic rings. The first-order chi connectivity index (χ1) is 6.89. The van der Waals surface area contributed by atoms with Crippen LogP contribution in [0.5, 0.6) is 0 Å². The first-order valence-corrected chi connectivity index (χ1v) is 4.83. The third-order valence-electron chi connectivity index (χ3n) is 1.76. The molecule has 0 amide bonds. The van der Waals surface area contributed by atoms with Gasteiger partial charge in [-0.1, -0.05) is 0 Å². The molecule has 0 atom stereocenters. The topological polar surface area (TPSA) is 107 Å². The van der Waals surface area contributed by atoms with E-state index in [1.54, 1.807) is 0 Å². The Morgan fingerprint density at radius 1 is 1.27 bits per heavy atom. The number of carbonyl (C=O) groups is 1. The van der Waals surface area contributed by atoms with Crippen LogP contribution in [0, 0.1) is 0 Å². The van der Waals surface area contributed by atoms with E-state index in [1.807, 2.05) is 14.1 Å². The number of rotatable bonds is 6. The van der Waals surface area contributed by atoms with E-state index in [4.69, 9.17) is 15.9 Å². The lowest BCUT2D eigenvalue weighted by molar-refractivity contribution is -0.890. The smallest absolute Gasteiger partial charge is 0.102 e. The first-order valence-electron chi connectivity index (χ1n) is 4.83. The van der Waals surface area contributed by atoms with Crippen molar-refractivity contribution in [2.75, 3.05) is 46.9 Å². The summed E-state index contributed by atoms with van der Waals surface area (Å²) >= 11 is 0. The minimum absolute atomic E-state index is 0.0417. The molecule has 0 unspecified atom stereocenters. The van der Waals surface area contributed by atoms with Crippen LogP contribution < -0.4 is 10.8 Å². The second-order valence-corrected chi connectivity index (χ2v) is 3.74. The maximum atomic E-state index is 9.41. The number of hydrogen-bond acceptors (Lipinski definition) is 5. The van der Waals surface area contributed by atoms with Crippen molar-refractivity contribution < 1.29 is 24.6 Å². The highest BCUT2D eigenvalue weighted by Crippen LogP contribution is 1.92. The molecule has 0 aliphatic heterocycles. The molecule has 92 valence electrons. The van der Waals surface area contributed by atoms with Gasteiger partial charge in [-0.25, -0.2) is 0 Å². The van der Waals surface area contributed by atoms with Crippen LogP contribution in [0.25, 0.3) is 0 Å². The molecule has 0 spiro atoms. The number of aliphatic hydroxyl groups excluding tert-OH is 2. The van der Waals surface area contributed by atoms with Gasteiger partial charge >= 0.3 is 0 Å². The Morgan fingerprint density at radius 2 is 1.67 bits per heavy atom. The number of aliphatic carboxylic acids is 1. The van der Waals surface area contributed by atoms with E-state index in [2.05, 4.69) is 0 Å². The Kier molecular flexibility index (Phi) is 11.0. The molecular formula is C9H22N2O4. The van der Waals surface area contributed by atoms with Crippen molar-refractivity contribution >= 4 is 5.97 Å². The zero-order chi connectivity index (χ0) is 12.3. The minimum atomic E-state index is -1.09. The third kappa shape index (κ3) is 16.0. The van der Waals surface area contributed by atoms with E-state index >= 15 is 0 Å². The lowest BCUT2D eigenvalue weighted by Gasteiger charge is -2.27. The fourth-order valence-corrected chi connectivity index (χ4v) is 0.771. The monoisotopic (exact) mass is 222 g/mol. The van der Waals surface area contributed by atoms with E-state index < -0.39 is 5.97 Å². The summed E-state index contributed by atoms with van der Waals surface area (Å²) in [5.41, 5.74) is 4.81. The number of nitrogens with two attached hydrogens (primary N) is 1. The van der Waals surface area contributed by atoms with E-state index in [1.165, 1.54) is 0 Å². The van der Waals surface area contributed by atoms with Gasteiger partial charge < -0.3 is 30.3 Å². The van der Waals surface area contributed by atoms with Gasteiger partial charge in [0.1, 0.15) is 13.1 Å². The van der Waals surface area contributed by atoms with E-state index in [9.17, 15) is 9.90 Å². The number of likely N-dealkylation sites (N-methyl/N-ethyl adjacent to an activating group) is 1. The van der Waals surface area contributed by atoms with Gasteiger partial charge in [0.15, 0.2) is 0 Å². The Balaban J connectivity index is 0. The van der Waals surface area contributed by atoms with Crippen LogP contribution >= 0.6 is 0 Å². The van der Waals surface area contributed by atoms with Gasteiger partial charge in [0.05, 0.1) is 27.3 Å². The lowest BCUT2D eigenvalue weighted by atomic mass is 10.4. The maximum Gasteiger partial charge on any atom is 0.102 e. The van der Waals surface area contributed by atoms with Gasteiger partial charge in [-0.05, 0) is 13.0 Å². The Morgan fingerprint density at radius 3 is 1.80 bits per heavy atom. The summed E-state index contributed by atoms with van der Waals surface area (Å²) in [4.78, 5) is 9.41. The van der Waals surface area contributed by atoms with Crippen molar-refractivity contribution in [3.8, 4) is 0 Å². The van der Waals surface area contributed by atoms with Crippen molar-refractivity contribution in [1.29, 1.82) is 0 Å². The molecule has 0 radical (unpaired) electrons. The van der Waals surface area contributed by atoms with Crippen LogP contribution in [0.2, 0.25) is 0 Å². The van der Waals surface area contributed by atoms with Crippen molar-refractivity contribution in [2.24, 2.45) is 5.73 Å². The molecule has 0 aliphatic carbocycles. The average molecular weight is 222 g/mol. The molecule has 4 N–H and O–H groups in total. The van der Waals surface area contributed by atoms with Gasteiger partial charge in [-0.2, -0.15) is 0 Å². The molecule has 0 saturated carbocycles. The summed E-state index contributed by atoms with van der Waals surface area (Å²) in [5, 5.41) is 26.5. The standard InChI is InChI=1S/C6H16NO2.C3H7NO2/c1-7(2,3-5-8)4-6-9;4-2-1-3(5)6/h8-9H,3-6H2,1-2H3;1-2,4H2,(H,5,6)/q+1;/p-1. The van der Waals surface area contributed by atoms with Gasteiger partial charge in [0, 0.05) is 5.97 Å². The highest BCUT2D eigenvalue weighted by atomic mass is 16.4. The predicted molar refractivity (Wildman–Crippen MR) is 54.7 cm³/mol. The normalized spacial score (nSPS) is 10.5. The molecule has 15 heavy (non-hydrogen) atoms. The number of carboxylic acids is 1. The molecule has 0 rings (SSSR count). The van der Waals surface area contributed by atoms with E-state index in [-0.39, 0.29) is 26.2 Å². The SMILES string of the molecule is C[N+](C)(CCO)CCO.NCCC(=O)[O-]. The zero-order valence-corrected chi connectivity index (χ0v) is 9.48. The van der Waals surface area contributed by atoms with Gasteiger partial charge in [0.25, 0.3) is 0 Å². The second kappa shape index (κ2) is 9.85. The second-order valence-electron chi connectivity index (χ2n) is 3.74. The number of nitrogens with zero attached hydrogens (tertiary/aromatic N) is 1. The number of aliphatic hydroxyl groups is 2. The van der Waals surface area contributed by atoms with Crippen molar-refractivity contribution in [3.05, 3.63) is 0 Å². The van der Waals surface area contributed by atoms with Crippen molar-refractivity contribution in [3.63, 3.8) is 0 Å². The van der Waals surface area contributed by atoms with Crippen LogP contribution in [0.1, 0.15) is 6.42 Å². The Hall–Kier alpha value is -0.690. The summed E-state index contributed by atoms with van der Waals surface area (Å²) < 4.78 is 0.688. The highest BCUT2D eigenvalue weighted by molar-refractivity contribution is 5.64. The molecule has 0 fully saturated rings. The number of carbonyl (C=O) groups excluding carboxylic acids is 1. The molecule has 6 nitrogen and oxygen atoms in total. The highest BCUT2D eigenvalue weighted by Gasteiger charge is 2.11.